The minimum atomic E-state index is -0.217. The molecule has 2 aliphatic rings. The molecule has 34 heavy (non-hydrogen) atoms. The number of carbonyl (C=O) groups is 1. The number of carbonyl (C=O) groups excluding carboxylic acids is 1. The Kier molecular flexibility index (Phi) is 5.09. The van der Waals surface area contributed by atoms with Crippen molar-refractivity contribution < 1.29 is 9.18 Å². The van der Waals surface area contributed by atoms with Crippen LogP contribution in [-0.4, -0.2) is 51.7 Å². The van der Waals surface area contributed by atoms with E-state index >= 15 is 0 Å². The maximum Gasteiger partial charge on any atom is 0.239 e. The molecular formula is C25H24FN7O. The van der Waals surface area contributed by atoms with Crippen LogP contribution in [0.3, 0.4) is 0 Å². The maximum atomic E-state index is 13.8. The highest BCUT2D eigenvalue weighted by molar-refractivity contribution is 5.82. The molecule has 2 saturated heterocycles. The molecule has 6 rings (SSSR count). The van der Waals surface area contributed by atoms with E-state index in [4.69, 9.17) is 5.10 Å². The largest absolute Gasteiger partial charge is 0.353 e. The zero-order valence-corrected chi connectivity index (χ0v) is 18.6. The molecule has 172 valence electrons. The predicted octanol–water partition coefficient (Wildman–Crippen LogP) is 3.21. The van der Waals surface area contributed by atoms with Gasteiger partial charge in [-0.05, 0) is 54.8 Å². The van der Waals surface area contributed by atoms with Gasteiger partial charge in [-0.1, -0.05) is 12.1 Å². The van der Waals surface area contributed by atoms with E-state index < -0.39 is 0 Å². The Labute approximate surface area is 196 Å². The van der Waals surface area contributed by atoms with E-state index in [-0.39, 0.29) is 17.8 Å². The zero-order valence-electron chi connectivity index (χ0n) is 18.6. The number of fused-ring (bicyclic) bond motifs is 1. The molecule has 0 aliphatic carbocycles. The minimum absolute atomic E-state index is 0.00842. The van der Waals surface area contributed by atoms with Gasteiger partial charge in [0, 0.05) is 31.4 Å². The molecule has 1 atom stereocenters. The summed E-state index contributed by atoms with van der Waals surface area (Å²) in [5.74, 6) is 1.40. The summed E-state index contributed by atoms with van der Waals surface area (Å²) in [5.41, 5.74) is 3.45. The molecule has 4 aromatic rings. The van der Waals surface area contributed by atoms with Gasteiger partial charge in [-0.15, -0.1) is 5.10 Å². The van der Waals surface area contributed by atoms with Crippen molar-refractivity contribution in [1.29, 1.82) is 0 Å². The summed E-state index contributed by atoms with van der Waals surface area (Å²) in [6.45, 7) is 2.54. The van der Waals surface area contributed by atoms with Crippen molar-refractivity contribution in [3.05, 3.63) is 72.3 Å². The molecule has 5 heterocycles. The first-order valence-electron chi connectivity index (χ1n) is 11.5. The lowest BCUT2D eigenvalue weighted by Crippen LogP contribution is -2.48. The molecule has 2 aliphatic heterocycles. The highest BCUT2D eigenvalue weighted by Crippen LogP contribution is 2.35. The van der Waals surface area contributed by atoms with Crippen LogP contribution in [0, 0.1) is 5.82 Å². The molecule has 1 unspecified atom stereocenters. The molecule has 2 fully saturated rings. The summed E-state index contributed by atoms with van der Waals surface area (Å²) >= 11 is 0. The quantitative estimate of drug-likeness (QED) is 0.507. The van der Waals surface area contributed by atoms with Gasteiger partial charge in [0.2, 0.25) is 5.91 Å². The second-order valence-electron chi connectivity index (χ2n) is 8.69. The molecule has 1 N–H and O–H groups in total. The number of imidazole rings is 1. The van der Waals surface area contributed by atoms with Gasteiger partial charge >= 0.3 is 0 Å². The highest BCUT2D eigenvalue weighted by Gasteiger charge is 2.28. The second-order valence-corrected chi connectivity index (χ2v) is 8.69. The van der Waals surface area contributed by atoms with Gasteiger partial charge in [-0.2, -0.15) is 0 Å². The summed E-state index contributed by atoms with van der Waals surface area (Å²) in [4.78, 5) is 25.0. The van der Waals surface area contributed by atoms with Crippen molar-refractivity contribution in [3.8, 4) is 11.3 Å². The molecule has 0 saturated carbocycles. The number of pyridine rings is 1. The molecular weight excluding hydrogens is 433 g/mol. The van der Waals surface area contributed by atoms with Crippen molar-refractivity contribution in [2.75, 3.05) is 36.0 Å². The van der Waals surface area contributed by atoms with Crippen molar-refractivity contribution in [3.63, 3.8) is 0 Å². The second kappa shape index (κ2) is 8.40. The van der Waals surface area contributed by atoms with Gasteiger partial charge < -0.3 is 15.1 Å². The Balaban J connectivity index is 1.31. The van der Waals surface area contributed by atoms with E-state index in [1.807, 2.05) is 39.7 Å². The van der Waals surface area contributed by atoms with Crippen LogP contribution in [0.15, 0.2) is 60.9 Å². The minimum Gasteiger partial charge on any atom is -0.353 e. The van der Waals surface area contributed by atoms with Crippen LogP contribution in [-0.2, 0) is 4.79 Å². The monoisotopic (exact) mass is 457 g/mol. The molecule has 0 bridgehead atoms. The first kappa shape index (κ1) is 20.6. The normalized spacial score (nSPS) is 18.5. The van der Waals surface area contributed by atoms with Crippen molar-refractivity contribution in [2.45, 2.75) is 18.9 Å². The van der Waals surface area contributed by atoms with Gasteiger partial charge in [-0.3, -0.25) is 4.79 Å². The van der Waals surface area contributed by atoms with E-state index in [0.29, 0.717) is 13.1 Å². The standard InChI is InChI=1S/C25H24FN7O/c26-19-4-1-3-17(13-19)20-5-2-11-32(20)24-9-8-23-29-15-21(33(23)30-24)18-6-7-22(28-14-18)31-12-10-27-25(34)16-31/h1,3-4,6-9,13-15,20H,2,5,10-12,16H2,(H,27,34). The number of benzene rings is 1. The molecule has 0 radical (unpaired) electrons. The number of aromatic nitrogens is 4. The molecule has 0 spiro atoms. The van der Waals surface area contributed by atoms with E-state index in [9.17, 15) is 9.18 Å². The van der Waals surface area contributed by atoms with Crippen LogP contribution >= 0.6 is 0 Å². The number of halogens is 1. The number of amides is 1. The summed E-state index contributed by atoms with van der Waals surface area (Å²) in [6, 6.07) is 14.8. The van der Waals surface area contributed by atoms with Crippen molar-refractivity contribution >= 4 is 23.2 Å². The first-order chi connectivity index (χ1) is 16.7. The topological polar surface area (TPSA) is 78.7 Å². The number of hydrogen-bond acceptors (Lipinski definition) is 6. The molecule has 1 aromatic carbocycles. The SMILES string of the molecule is O=C1CN(c2ccc(-c3cnc4ccc(N5CCCC5c5cccc(F)c5)nn34)cn2)CCN1. The summed E-state index contributed by atoms with van der Waals surface area (Å²) in [6.07, 6.45) is 5.58. The Bertz CT molecular complexity index is 1350. The van der Waals surface area contributed by atoms with E-state index in [1.165, 1.54) is 6.07 Å². The highest BCUT2D eigenvalue weighted by atomic mass is 19.1. The zero-order chi connectivity index (χ0) is 23.1. The fraction of sp³-hybridized carbons (Fsp3) is 0.280. The average Bonchev–Trinajstić information content (AvgIpc) is 3.51. The Morgan fingerprint density at radius 2 is 1.91 bits per heavy atom. The number of hydrogen-bond donors (Lipinski definition) is 1. The molecule has 9 heteroatoms. The third kappa shape index (κ3) is 3.72. The first-order valence-corrected chi connectivity index (χ1v) is 11.5. The Morgan fingerprint density at radius 3 is 2.74 bits per heavy atom. The number of rotatable bonds is 4. The van der Waals surface area contributed by atoms with Crippen molar-refractivity contribution in [2.24, 2.45) is 0 Å². The third-order valence-electron chi connectivity index (χ3n) is 6.53. The number of anilines is 2. The van der Waals surface area contributed by atoms with E-state index in [0.717, 1.165) is 60.0 Å². The number of nitrogens with zero attached hydrogens (tertiary/aromatic N) is 6. The van der Waals surface area contributed by atoms with Crippen molar-refractivity contribution in [1.82, 2.24) is 24.9 Å². The lowest BCUT2D eigenvalue weighted by atomic mass is 10.0. The summed E-state index contributed by atoms with van der Waals surface area (Å²) in [5, 5.41) is 7.74. The van der Waals surface area contributed by atoms with Crippen LogP contribution < -0.4 is 15.1 Å². The fourth-order valence-electron chi connectivity index (χ4n) is 4.87. The Hall–Kier alpha value is -4.01. The number of piperazine rings is 1. The lowest BCUT2D eigenvalue weighted by molar-refractivity contribution is -0.120. The maximum absolute atomic E-state index is 13.8. The van der Waals surface area contributed by atoms with E-state index in [2.05, 4.69) is 20.2 Å². The molecule has 3 aromatic heterocycles. The summed E-state index contributed by atoms with van der Waals surface area (Å²) < 4.78 is 15.7. The van der Waals surface area contributed by atoms with Crippen LogP contribution in [0.2, 0.25) is 0 Å². The lowest BCUT2D eigenvalue weighted by Gasteiger charge is -2.27. The third-order valence-corrected chi connectivity index (χ3v) is 6.53. The van der Waals surface area contributed by atoms with Crippen LogP contribution in [0.5, 0.6) is 0 Å². The Morgan fingerprint density at radius 1 is 1.00 bits per heavy atom. The smallest absolute Gasteiger partial charge is 0.239 e. The fourth-order valence-corrected chi connectivity index (χ4v) is 4.87. The average molecular weight is 458 g/mol. The van der Waals surface area contributed by atoms with Gasteiger partial charge in [-0.25, -0.2) is 18.9 Å². The van der Waals surface area contributed by atoms with Gasteiger partial charge in [0.15, 0.2) is 5.65 Å². The van der Waals surface area contributed by atoms with Crippen LogP contribution in [0.1, 0.15) is 24.4 Å². The van der Waals surface area contributed by atoms with Crippen LogP contribution in [0.4, 0.5) is 16.0 Å². The van der Waals surface area contributed by atoms with Gasteiger partial charge in [0.1, 0.15) is 17.5 Å². The van der Waals surface area contributed by atoms with E-state index in [1.54, 1.807) is 24.5 Å². The van der Waals surface area contributed by atoms with Gasteiger partial charge in [0.25, 0.3) is 0 Å². The predicted molar refractivity (Wildman–Crippen MR) is 127 cm³/mol. The van der Waals surface area contributed by atoms with Crippen LogP contribution in [0.25, 0.3) is 16.9 Å². The molecule has 1 amide bonds. The summed E-state index contributed by atoms with van der Waals surface area (Å²) in [7, 11) is 0. The molecule has 8 nitrogen and oxygen atoms in total. The number of nitrogens with one attached hydrogen (secondary N) is 1. The van der Waals surface area contributed by atoms with Gasteiger partial charge in [0.05, 0.1) is 24.5 Å².